The molecule has 10 aromatic rings. The van der Waals surface area contributed by atoms with E-state index in [1.807, 2.05) is 0 Å². The van der Waals surface area contributed by atoms with Crippen LogP contribution in [0.4, 0.5) is 0 Å². The van der Waals surface area contributed by atoms with Gasteiger partial charge in [-0.05, 0) is 255 Å². The SMILES string of the molecule is C=CC(=C)OCCCOc1ccc(C2CC2C(=O)Oc2cc3c(cc2OC(=O)C2CC2c2ccc(OCCCOC(=O)C=C)c(Cl)c2)c2cc(OC(=O)C4CC4c4ccc(OCCCOC(=O)C=C)c(Cl)c4)c(OC(=O)C4CC4c4ccc(OCCCOC(=O)C=C)c(Cl)c4)cc2c2cc(OC(=O)C4CC4c4ccc(OCCCOC(=O)C=C)c(Cl)c4)c(OC(=O)C4CC4c4ccc(OCCCOC(=O)C=C)c(Cl)c4)cc32)cc1Cl. The van der Waals surface area contributed by atoms with Gasteiger partial charge in [-0.15, -0.1) is 0 Å². The monoisotopic (exact) mass is 2160 g/mol. The molecule has 12 atom stereocenters. The van der Waals surface area contributed by atoms with Crippen molar-refractivity contribution in [2.24, 2.45) is 35.5 Å². The molecule has 0 aromatic heterocycles. The predicted molar refractivity (Wildman–Crippen MR) is 558 cm³/mol. The van der Waals surface area contributed by atoms with Crippen LogP contribution in [0, 0.1) is 35.5 Å². The van der Waals surface area contributed by atoms with Crippen LogP contribution in [0.15, 0.2) is 234 Å². The van der Waals surface area contributed by atoms with Crippen LogP contribution in [0.2, 0.25) is 30.1 Å². The van der Waals surface area contributed by atoms with Gasteiger partial charge in [-0.25, -0.2) is 24.0 Å². The molecule has 0 radical (unpaired) electrons. The van der Waals surface area contributed by atoms with Crippen molar-refractivity contribution in [1.29, 1.82) is 0 Å². The zero-order valence-corrected chi connectivity index (χ0v) is 85.8. The van der Waals surface area contributed by atoms with Crippen molar-refractivity contribution in [1.82, 2.24) is 0 Å². The van der Waals surface area contributed by atoms with Gasteiger partial charge in [-0.1, -0.05) is 152 Å². The van der Waals surface area contributed by atoms with Crippen LogP contribution in [0.5, 0.6) is 69.0 Å². The maximum absolute atomic E-state index is 15.4. The summed E-state index contributed by atoms with van der Waals surface area (Å²) in [5, 5.41) is 2.67. The average Bonchev–Trinajstić information content (AvgIpc) is 1.55. The van der Waals surface area contributed by atoms with Gasteiger partial charge in [0.15, 0.2) is 34.5 Å². The maximum atomic E-state index is 15.4. The Labute approximate surface area is 893 Å². The van der Waals surface area contributed by atoms with E-state index in [9.17, 15) is 24.0 Å². The molecule has 10 aromatic carbocycles. The molecule has 29 nitrogen and oxygen atoms in total. The Morgan fingerprint density at radius 2 is 0.380 bits per heavy atom. The van der Waals surface area contributed by atoms with Gasteiger partial charge in [-0.3, -0.25) is 28.8 Å². The first-order valence-electron chi connectivity index (χ1n) is 48.8. The topological polar surface area (TPSA) is 354 Å². The first-order chi connectivity index (χ1) is 72.5. The van der Waals surface area contributed by atoms with Crippen molar-refractivity contribution in [3.63, 3.8) is 0 Å². The van der Waals surface area contributed by atoms with E-state index < -0.39 is 137 Å². The molecule has 0 N–H and O–H groups in total. The molecule has 0 bridgehead atoms. The summed E-state index contributed by atoms with van der Waals surface area (Å²) < 4.78 is 107. The highest BCUT2D eigenvalue weighted by Crippen LogP contribution is 2.59. The second-order valence-electron chi connectivity index (χ2n) is 36.5. The van der Waals surface area contributed by atoms with Gasteiger partial charge >= 0.3 is 65.7 Å². The molecule has 150 heavy (non-hydrogen) atoms. The van der Waals surface area contributed by atoms with E-state index in [1.165, 1.54) is 42.5 Å². The van der Waals surface area contributed by atoms with E-state index in [-0.39, 0.29) is 202 Å². The summed E-state index contributed by atoms with van der Waals surface area (Å²) in [4.78, 5) is 151. The summed E-state index contributed by atoms with van der Waals surface area (Å²) in [6.45, 7) is 26.2. The quantitative estimate of drug-likeness (QED) is 0.00499. The minimum absolute atomic E-state index is 0.0662. The molecule has 780 valence electrons. The highest BCUT2D eigenvalue weighted by Gasteiger charge is 2.52. The lowest BCUT2D eigenvalue weighted by Gasteiger charge is -2.19. The smallest absolute Gasteiger partial charge is 0.330 e. The molecule has 0 spiro atoms. The number of carbonyl (C=O) groups excluding carboxylic acids is 11. The van der Waals surface area contributed by atoms with Crippen LogP contribution >= 0.6 is 69.6 Å². The third kappa shape index (κ3) is 27.7. The second-order valence-corrected chi connectivity index (χ2v) is 38.9. The maximum Gasteiger partial charge on any atom is 0.330 e. The number of allylic oxidation sites excluding steroid dienone is 1. The first kappa shape index (κ1) is 108. The van der Waals surface area contributed by atoms with E-state index in [0.29, 0.717) is 125 Å². The van der Waals surface area contributed by atoms with Crippen LogP contribution in [-0.4, -0.2) is 145 Å². The Morgan fingerprint density at radius 1 is 0.220 bits per heavy atom. The van der Waals surface area contributed by atoms with Gasteiger partial charge in [0.05, 0.1) is 145 Å². The summed E-state index contributed by atoms with van der Waals surface area (Å²) in [5.41, 5.74) is 4.01. The molecule has 35 heteroatoms. The first-order valence-corrected chi connectivity index (χ1v) is 51.1. The summed E-state index contributed by atoms with van der Waals surface area (Å²) in [5.74, 6) is -14.2. The second kappa shape index (κ2) is 49.9. The van der Waals surface area contributed by atoms with E-state index in [0.717, 1.165) is 30.4 Å². The largest absolute Gasteiger partial charge is 0.494 e. The van der Waals surface area contributed by atoms with Gasteiger partial charge in [0, 0.05) is 68.9 Å². The molecule has 0 amide bonds. The molecule has 12 unspecified atom stereocenters. The van der Waals surface area contributed by atoms with Crippen molar-refractivity contribution < 1.29 is 138 Å². The van der Waals surface area contributed by atoms with Gasteiger partial charge in [0.2, 0.25) is 0 Å². The van der Waals surface area contributed by atoms with Gasteiger partial charge in [-0.2, -0.15) is 0 Å². The van der Waals surface area contributed by atoms with Crippen LogP contribution in [0.3, 0.4) is 0 Å². The number of rotatable bonds is 55. The molecule has 6 saturated carbocycles. The van der Waals surface area contributed by atoms with Crippen molar-refractivity contribution in [2.75, 3.05) is 79.3 Å². The summed E-state index contributed by atoms with van der Waals surface area (Å²) in [7, 11) is 0. The normalized spacial score (nSPS) is 19.0. The van der Waals surface area contributed by atoms with Crippen molar-refractivity contribution in [2.45, 2.75) is 113 Å². The number of esters is 11. The standard InChI is InChI=1S/C115H104Cl6O29/c1-8-62(7)133-32-14-33-134-93-26-20-63(44-87(93)116)69-50-81(69)110(127)145-99-56-75-76(57-100(99)146-111(128)82-51-70(82)64-21-27-94(88(117)45-64)135-34-15-39-140-105(122)9-2)78-59-102(148-113(130)84-53-72(84)66-23-29-96(90(119)47-66)137-36-17-41-142-107(124)11-4)104(150-115(132)86-55-74(86)68-25-31-98(92(121)49-68)139-38-19-43-144-109(126)13-6)61-80(78)79-60-103(149-114(131)85-54-73(85)67-24-30-97(91(120)48-67)138-37-18-42-143-108(125)12-5)101(58-77(75)79)147-112(129)83-52-71(83)65-22-28-95(89(118)46-65)136-35-16-40-141-106(123)10-3/h8-13,20-31,44-49,56-61,69-74,81-86H,1-7,14-19,32-43,50-55H2. The highest BCUT2D eigenvalue weighted by molar-refractivity contribution is 6.34. The Hall–Kier alpha value is -14.3. The molecular formula is C115H104Cl6O29. The molecule has 6 fully saturated rings. The molecule has 6 aliphatic rings. The Morgan fingerprint density at radius 3 is 0.527 bits per heavy atom. The highest BCUT2D eigenvalue weighted by atomic mass is 35.5. The number of benzene rings is 10. The van der Waals surface area contributed by atoms with Crippen molar-refractivity contribution >= 4 is 168 Å². The summed E-state index contributed by atoms with van der Waals surface area (Å²) in [6, 6.07) is 39.7. The van der Waals surface area contributed by atoms with Crippen molar-refractivity contribution in [3.05, 3.63) is 297 Å². The van der Waals surface area contributed by atoms with Crippen molar-refractivity contribution in [3.8, 4) is 69.0 Å². The fraction of sp³-hybridized carbons (Fsp3) is 0.313. The lowest BCUT2D eigenvalue weighted by Crippen LogP contribution is -2.16. The van der Waals surface area contributed by atoms with Gasteiger partial charge < -0.3 is 85.3 Å². The number of fused-ring (bicyclic) bond motifs is 6. The zero-order chi connectivity index (χ0) is 106. The number of carbonyl (C=O) groups is 11. The summed E-state index contributed by atoms with van der Waals surface area (Å²) >= 11 is 41.3. The third-order valence-corrected chi connectivity index (χ3v) is 27.9. The molecule has 0 aliphatic heterocycles. The molecule has 16 rings (SSSR count). The Kier molecular flexibility index (Phi) is 36.0. The van der Waals surface area contributed by atoms with E-state index >= 15 is 28.8 Å². The minimum Gasteiger partial charge on any atom is -0.494 e. The lowest BCUT2D eigenvalue weighted by atomic mass is 9.93. The minimum atomic E-state index is -0.819. The van der Waals surface area contributed by atoms with E-state index in [1.54, 1.807) is 109 Å². The molecular weight excluding hydrogens is 2060 g/mol. The molecule has 6 aliphatic carbocycles. The van der Waals surface area contributed by atoms with Crippen LogP contribution in [0.1, 0.15) is 146 Å². The lowest BCUT2D eigenvalue weighted by molar-refractivity contribution is -0.138. The molecule has 0 heterocycles. The van der Waals surface area contributed by atoms with E-state index in [4.69, 9.17) is 155 Å². The number of hydrogen-bond acceptors (Lipinski definition) is 29. The Balaban J connectivity index is 0.810. The Bertz CT molecular complexity index is 5920. The molecule has 0 saturated heterocycles. The van der Waals surface area contributed by atoms with E-state index in [2.05, 4.69) is 46.1 Å². The third-order valence-electron chi connectivity index (χ3n) is 26.1. The zero-order valence-electron chi connectivity index (χ0n) is 81.3. The van der Waals surface area contributed by atoms with Gasteiger partial charge in [0.25, 0.3) is 0 Å². The van der Waals surface area contributed by atoms with Crippen LogP contribution in [0.25, 0.3) is 32.3 Å². The number of halogens is 6. The average molecular weight is 2160 g/mol. The number of ether oxygens (including phenoxy) is 18. The fourth-order valence-electron chi connectivity index (χ4n) is 17.6. The predicted octanol–water partition coefficient (Wildman–Crippen LogP) is 23.3. The summed E-state index contributed by atoms with van der Waals surface area (Å²) in [6.07, 6.45) is 10.6. The fourth-order valence-corrected chi connectivity index (χ4v) is 19.1. The van der Waals surface area contributed by atoms with Crippen LogP contribution < -0.4 is 56.8 Å². The van der Waals surface area contributed by atoms with Gasteiger partial charge in [0.1, 0.15) is 40.3 Å². The van der Waals surface area contributed by atoms with Crippen LogP contribution in [-0.2, 0) is 81.2 Å². The number of hydrogen-bond donors (Lipinski definition) is 0.